The molecule has 17 heavy (non-hydrogen) atoms. The molecular formula is C11H18N2O4. The highest BCUT2D eigenvalue weighted by molar-refractivity contribution is 5.85. The quantitative estimate of drug-likeness (QED) is 0.714. The van der Waals surface area contributed by atoms with Crippen molar-refractivity contribution in [1.82, 2.24) is 10.5 Å². The van der Waals surface area contributed by atoms with Crippen molar-refractivity contribution >= 4 is 5.97 Å². The normalized spacial score (nSPS) is 12.6. The number of ether oxygens (including phenoxy) is 1. The molecule has 1 aromatic rings. The summed E-state index contributed by atoms with van der Waals surface area (Å²) in [5.74, 6) is -0.568. The van der Waals surface area contributed by atoms with Gasteiger partial charge in [0.2, 0.25) is 0 Å². The van der Waals surface area contributed by atoms with E-state index in [9.17, 15) is 4.79 Å². The maximum Gasteiger partial charge on any atom is 0.358 e. The monoisotopic (exact) mass is 242 g/mol. The van der Waals surface area contributed by atoms with Crippen molar-refractivity contribution in [2.24, 2.45) is 0 Å². The summed E-state index contributed by atoms with van der Waals surface area (Å²) in [6.07, 6.45) is 2.05. The summed E-state index contributed by atoms with van der Waals surface area (Å²) in [5.41, 5.74) is -0.0689. The van der Waals surface area contributed by atoms with Crippen LogP contribution in [0.3, 0.4) is 0 Å². The minimum atomic E-state index is -1.08. The van der Waals surface area contributed by atoms with Crippen LogP contribution in [0, 0.1) is 0 Å². The second-order valence-electron chi connectivity index (χ2n) is 3.81. The van der Waals surface area contributed by atoms with Gasteiger partial charge in [0.15, 0.2) is 11.5 Å². The first-order valence-electron chi connectivity index (χ1n) is 5.58. The van der Waals surface area contributed by atoms with Crippen molar-refractivity contribution in [1.29, 1.82) is 0 Å². The van der Waals surface area contributed by atoms with Crippen LogP contribution in [0.15, 0.2) is 10.6 Å². The van der Waals surface area contributed by atoms with E-state index >= 15 is 0 Å². The summed E-state index contributed by atoms with van der Waals surface area (Å²) in [7, 11) is 1.65. The number of nitrogens with one attached hydrogen (secondary N) is 1. The molecule has 0 aliphatic carbocycles. The molecule has 0 saturated carbocycles. The van der Waals surface area contributed by atoms with Gasteiger partial charge in [0.1, 0.15) is 0 Å². The van der Waals surface area contributed by atoms with E-state index in [2.05, 4.69) is 17.4 Å². The Kier molecular flexibility index (Phi) is 5.65. The Morgan fingerprint density at radius 1 is 1.71 bits per heavy atom. The SMILES string of the molecule is CCCC(COC)NCc1cc(C(=O)O)no1. The lowest BCUT2D eigenvalue weighted by Gasteiger charge is -2.15. The van der Waals surface area contributed by atoms with Crippen molar-refractivity contribution in [3.8, 4) is 0 Å². The number of aromatic nitrogens is 1. The standard InChI is InChI=1S/C11H18N2O4/c1-3-4-8(7-16-2)12-6-9-5-10(11(14)15)13-17-9/h5,8,12H,3-4,6-7H2,1-2H3,(H,14,15). The molecule has 1 atom stereocenters. The minimum Gasteiger partial charge on any atom is -0.476 e. The van der Waals surface area contributed by atoms with E-state index in [-0.39, 0.29) is 11.7 Å². The van der Waals surface area contributed by atoms with Crippen LogP contribution >= 0.6 is 0 Å². The van der Waals surface area contributed by atoms with Crippen LogP contribution in [0.5, 0.6) is 0 Å². The third-order valence-electron chi connectivity index (χ3n) is 2.35. The molecule has 1 heterocycles. The van der Waals surface area contributed by atoms with Gasteiger partial charge in [0, 0.05) is 19.2 Å². The van der Waals surface area contributed by atoms with E-state index in [1.807, 2.05) is 0 Å². The minimum absolute atomic E-state index is 0.0689. The summed E-state index contributed by atoms with van der Waals surface area (Å²) in [4.78, 5) is 10.6. The summed E-state index contributed by atoms with van der Waals surface area (Å²) in [6, 6.07) is 1.66. The Balaban J connectivity index is 2.44. The van der Waals surface area contributed by atoms with Crippen LogP contribution < -0.4 is 5.32 Å². The molecule has 96 valence electrons. The maximum atomic E-state index is 10.6. The van der Waals surface area contributed by atoms with Crippen LogP contribution in [0.25, 0.3) is 0 Å². The first-order valence-corrected chi connectivity index (χ1v) is 5.58. The predicted molar refractivity (Wildman–Crippen MR) is 60.9 cm³/mol. The van der Waals surface area contributed by atoms with Gasteiger partial charge in [-0.05, 0) is 6.42 Å². The number of rotatable bonds is 8. The molecule has 2 N–H and O–H groups in total. The molecule has 0 radical (unpaired) electrons. The average molecular weight is 242 g/mol. The molecule has 0 bridgehead atoms. The van der Waals surface area contributed by atoms with E-state index in [0.29, 0.717) is 18.9 Å². The Bertz CT molecular complexity index is 345. The van der Waals surface area contributed by atoms with Gasteiger partial charge in [-0.15, -0.1) is 0 Å². The van der Waals surface area contributed by atoms with Crippen LogP contribution in [0.1, 0.15) is 36.0 Å². The van der Waals surface area contributed by atoms with Gasteiger partial charge in [0.25, 0.3) is 0 Å². The fourth-order valence-electron chi connectivity index (χ4n) is 1.54. The number of aromatic carboxylic acids is 1. The molecule has 0 aliphatic rings. The number of hydrogen-bond donors (Lipinski definition) is 2. The zero-order valence-electron chi connectivity index (χ0n) is 10.1. The van der Waals surface area contributed by atoms with E-state index in [1.54, 1.807) is 7.11 Å². The van der Waals surface area contributed by atoms with E-state index in [0.717, 1.165) is 12.8 Å². The highest BCUT2D eigenvalue weighted by Gasteiger charge is 2.12. The second kappa shape index (κ2) is 7.03. The van der Waals surface area contributed by atoms with E-state index in [1.165, 1.54) is 6.07 Å². The fourth-order valence-corrected chi connectivity index (χ4v) is 1.54. The Morgan fingerprint density at radius 3 is 3.00 bits per heavy atom. The molecule has 6 heteroatoms. The fraction of sp³-hybridized carbons (Fsp3) is 0.636. The number of hydrogen-bond acceptors (Lipinski definition) is 5. The zero-order valence-corrected chi connectivity index (χ0v) is 10.1. The summed E-state index contributed by atoms with van der Waals surface area (Å²) in [6.45, 7) is 3.17. The molecule has 0 aliphatic heterocycles. The van der Waals surface area contributed by atoms with Gasteiger partial charge >= 0.3 is 5.97 Å². The van der Waals surface area contributed by atoms with Crippen molar-refractivity contribution in [3.05, 3.63) is 17.5 Å². The summed E-state index contributed by atoms with van der Waals surface area (Å²) >= 11 is 0. The van der Waals surface area contributed by atoms with Gasteiger partial charge < -0.3 is 19.7 Å². The molecule has 6 nitrogen and oxygen atoms in total. The van der Waals surface area contributed by atoms with Gasteiger partial charge in [0.05, 0.1) is 13.2 Å². The van der Waals surface area contributed by atoms with Crippen molar-refractivity contribution < 1.29 is 19.2 Å². The molecule has 0 saturated heterocycles. The number of methoxy groups -OCH3 is 1. The van der Waals surface area contributed by atoms with Gasteiger partial charge in [-0.2, -0.15) is 0 Å². The molecule has 1 rings (SSSR count). The predicted octanol–water partition coefficient (Wildman–Crippen LogP) is 1.28. The van der Waals surface area contributed by atoms with Gasteiger partial charge in [-0.1, -0.05) is 18.5 Å². The Labute approximate surface area is 99.9 Å². The lowest BCUT2D eigenvalue weighted by molar-refractivity contribution is 0.0685. The summed E-state index contributed by atoms with van der Waals surface area (Å²) < 4.78 is 9.98. The number of carbonyl (C=O) groups is 1. The van der Waals surface area contributed by atoms with Gasteiger partial charge in [-0.3, -0.25) is 0 Å². The Hall–Kier alpha value is -1.40. The van der Waals surface area contributed by atoms with Crippen LogP contribution in [0.4, 0.5) is 0 Å². The number of carboxylic acid groups (broad SMARTS) is 1. The van der Waals surface area contributed by atoms with Crippen molar-refractivity contribution in [2.45, 2.75) is 32.4 Å². The van der Waals surface area contributed by atoms with Crippen LogP contribution in [-0.4, -0.2) is 36.0 Å². The summed E-state index contributed by atoms with van der Waals surface area (Å²) in [5, 5.41) is 15.4. The van der Waals surface area contributed by atoms with Crippen molar-refractivity contribution in [2.75, 3.05) is 13.7 Å². The highest BCUT2D eigenvalue weighted by atomic mass is 16.5. The van der Waals surface area contributed by atoms with E-state index in [4.69, 9.17) is 14.4 Å². The third-order valence-corrected chi connectivity index (χ3v) is 2.35. The van der Waals surface area contributed by atoms with E-state index < -0.39 is 5.97 Å². The van der Waals surface area contributed by atoms with Crippen LogP contribution in [0.2, 0.25) is 0 Å². The van der Waals surface area contributed by atoms with Crippen LogP contribution in [-0.2, 0) is 11.3 Å². The Morgan fingerprint density at radius 2 is 2.47 bits per heavy atom. The highest BCUT2D eigenvalue weighted by Crippen LogP contribution is 2.05. The maximum absolute atomic E-state index is 10.6. The zero-order chi connectivity index (χ0) is 12.7. The molecular weight excluding hydrogens is 224 g/mol. The van der Waals surface area contributed by atoms with Crippen molar-refractivity contribution in [3.63, 3.8) is 0 Å². The largest absolute Gasteiger partial charge is 0.476 e. The second-order valence-corrected chi connectivity index (χ2v) is 3.81. The molecule has 0 aromatic carbocycles. The first-order chi connectivity index (χ1) is 8.17. The smallest absolute Gasteiger partial charge is 0.358 e. The molecule has 1 aromatic heterocycles. The lowest BCUT2D eigenvalue weighted by Crippen LogP contribution is -2.32. The molecule has 1 unspecified atom stereocenters. The third kappa shape index (κ3) is 4.54. The number of nitrogens with zero attached hydrogens (tertiary/aromatic N) is 1. The number of carboxylic acids is 1. The molecule has 0 spiro atoms. The first kappa shape index (κ1) is 13.7. The molecule has 0 fully saturated rings. The lowest BCUT2D eigenvalue weighted by atomic mass is 10.2. The average Bonchev–Trinajstić information content (AvgIpc) is 2.75. The topological polar surface area (TPSA) is 84.6 Å². The molecule has 0 amide bonds. The van der Waals surface area contributed by atoms with Gasteiger partial charge in [-0.25, -0.2) is 4.79 Å².